The van der Waals surface area contributed by atoms with E-state index in [2.05, 4.69) is 15.6 Å². The Morgan fingerprint density at radius 1 is 1.23 bits per heavy atom. The number of H-pyrrole nitrogens is 1. The summed E-state index contributed by atoms with van der Waals surface area (Å²) in [6.07, 6.45) is 6.35. The summed E-state index contributed by atoms with van der Waals surface area (Å²) < 4.78 is 0. The molecular weight excluding hydrogens is 328 g/mol. The van der Waals surface area contributed by atoms with Crippen molar-refractivity contribution >= 4 is 28.3 Å². The van der Waals surface area contributed by atoms with Crippen LogP contribution < -0.4 is 16.4 Å². The predicted octanol–water partition coefficient (Wildman–Crippen LogP) is 2.07. The summed E-state index contributed by atoms with van der Waals surface area (Å²) >= 11 is 0. The van der Waals surface area contributed by atoms with E-state index in [1.165, 1.54) is 0 Å². The van der Waals surface area contributed by atoms with Crippen molar-refractivity contribution in [3.05, 3.63) is 41.6 Å². The third-order valence-corrected chi connectivity index (χ3v) is 5.39. The Kier molecular flexibility index (Phi) is 4.51. The predicted molar refractivity (Wildman–Crippen MR) is 102 cm³/mol. The molecule has 2 heterocycles. The fourth-order valence-electron chi connectivity index (χ4n) is 4.04. The summed E-state index contributed by atoms with van der Waals surface area (Å²) in [5, 5.41) is 6.92. The SMILES string of the molecule is NC1CCCCC1NC(=O)C=C1CCNC(=O)c2[nH]c3ccccc3c21. The number of amides is 2. The summed E-state index contributed by atoms with van der Waals surface area (Å²) in [5.41, 5.74) is 9.27. The Bertz CT molecular complexity index is 883. The lowest BCUT2D eigenvalue weighted by Crippen LogP contribution is -2.48. The largest absolute Gasteiger partial charge is 0.350 e. The van der Waals surface area contributed by atoms with E-state index >= 15 is 0 Å². The van der Waals surface area contributed by atoms with E-state index < -0.39 is 0 Å². The van der Waals surface area contributed by atoms with E-state index in [0.29, 0.717) is 18.7 Å². The van der Waals surface area contributed by atoms with Crippen LogP contribution in [-0.4, -0.2) is 35.4 Å². The molecule has 6 nitrogen and oxygen atoms in total. The van der Waals surface area contributed by atoms with Gasteiger partial charge in [0.25, 0.3) is 5.91 Å². The van der Waals surface area contributed by atoms with Crippen LogP contribution in [0.15, 0.2) is 30.3 Å². The molecule has 2 atom stereocenters. The molecule has 0 bridgehead atoms. The fraction of sp³-hybridized carbons (Fsp3) is 0.400. The Labute approximate surface area is 152 Å². The number of nitrogens with one attached hydrogen (secondary N) is 3. The highest BCUT2D eigenvalue weighted by Gasteiger charge is 2.26. The molecule has 1 saturated carbocycles. The number of para-hydroxylation sites is 1. The van der Waals surface area contributed by atoms with E-state index in [1.807, 2.05) is 24.3 Å². The first-order chi connectivity index (χ1) is 12.6. The van der Waals surface area contributed by atoms with Gasteiger partial charge in [0, 0.05) is 41.2 Å². The molecular formula is C20H24N4O2. The van der Waals surface area contributed by atoms with Crippen molar-refractivity contribution in [2.75, 3.05) is 6.54 Å². The smallest absolute Gasteiger partial charge is 0.268 e. The second-order valence-corrected chi connectivity index (χ2v) is 7.16. The van der Waals surface area contributed by atoms with Crippen LogP contribution in [0.3, 0.4) is 0 Å². The molecule has 26 heavy (non-hydrogen) atoms. The maximum absolute atomic E-state index is 12.6. The van der Waals surface area contributed by atoms with E-state index in [-0.39, 0.29) is 23.9 Å². The van der Waals surface area contributed by atoms with Gasteiger partial charge in [0.1, 0.15) is 5.69 Å². The van der Waals surface area contributed by atoms with E-state index in [0.717, 1.165) is 47.7 Å². The minimum absolute atomic E-state index is 0.0205. The molecule has 1 aliphatic heterocycles. The normalized spacial score (nSPS) is 24.8. The van der Waals surface area contributed by atoms with Gasteiger partial charge < -0.3 is 21.4 Å². The molecule has 1 aromatic heterocycles. The Morgan fingerprint density at radius 3 is 2.88 bits per heavy atom. The van der Waals surface area contributed by atoms with Gasteiger partial charge in [-0.3, -0.25) is 9.59 Å². The van der Waals surface area contributed by atoms with Crippen LogP contribution in [0, 0.1) is 0 Å². The third-order valence-electron chi connectivity index (χ3n) is 5.39. The van der Waals surface area contributed by atoms with Crippen LogP contribution in [0.2, 0.25) is 0 Å². The average molecular weight is 352 g/mol. The number of aromatic nitrogens is 1. The summed E-state index contributed by atoms with van der Waals surface area (Å²) in [6, 6.07) is 7.84. The van der Waals surface area contributed by atoms with Crippen molar-refractivity contribution in [3.63, 3.8) is 0 Å². The summed E-state index contributed by atoms with van der Waals surface area (Å²) in [4.78, 5) is 28.2. The van der Waals surface area contributed by atoms with Crippen molar-refractivity contribution in [1.82, 2.24) is 15.6 Å². The molecule has 6 heteroatoms. The highest BCUT2D eigenvalue weighted by atomic mass is 16.2. The second-order valence-electron chi connectivity index (χ2n) is 7.16. The summed E-state index contributed by atoms with van der Waals surface area (Å²) in [7, 11) is 0. The lowest BCUT2D eigenvalue weighted by molar-refractivity contribution is -0.117. The highest BCUT2D eigenvalue weighted by Crippen LogP contribution is 2.32. The van der Waals surface area contributed by atoms with Crippen LogP contribution in [0.25, 0.3) is 16.5 Å². The van der Waals surface area contributed by atoms with E-state index in [9.17, 15) is 9.59 Å². The van der Waals surface area contributed by atoms with Crippen LogP contribution in [0.4, 0.5) is 0 Å². The van der Waals surface area contributed by atoms with Crippen LogP contribution in [-0.2, 0) is 4.79 Å². The third kappa shape index (κ3) is 3.12. The number of fused-ring (bicyclic) bond motifs is 3. The molecule has 1 aliphatic carbocycles. The molecule has 2 aromatic rings. The zero-order chi connectivity index (χ0) is 18.1. The van der Waals surface area contributed by atoms with Gasteiger partial charge in [0.15, 0.2) is 0 Å². The summed E-state index contributed by atoms with van der Waals surface area (Å²) in [6.45, 7) is 0.512. The maximum atomic E-state index is 12.6. The molecule has 0 saturated heterocycles. The van der Waals surface area contributed by atoms with Crippen LogP contribution >= 0.6 is 0 Å². The first-order valence-electron chi connectivity index (χ1n) is 9.29. The topological polar surface area (TPSA) is 100 Å². The average Bonchev–Trinajstić information content (AvgIpc) is 2.95. The number of carbonyl (C=O) groups is 2. The summed E-state index contributed by atoms with van der Waals surface area (Å²) in [5.74, 6) is -0.262. The van der Waals surface area contributed by atoms with E-state index in [1.54, 1.807) is 6.08 Å². The number of hydrogen-bond donors (Lipinski definition) is 4. The fourth-order valence-corrected chi connectivity index (χ4v) is 4.04. The number of hydrogen-bond acceptors (Lipinski definition) is 3. The first kappa shape index (κ1) is 16.8. The molecule has 2 aliphatic rings. The van der Waals surface area contributed by atoms with Crippen molar-refractivity contribution in [2.45, 2.75) is 44.2 Å². The Morgan fingerprint density at radius 2 is 2.04 bits per heavy atom. The van der Waals surface area contributed by atoms with Crippen molar-refractivity contribution in [1.29, 1.82) is 0 Å². The maximum Gasteiger partial charge on any atom is 0.268 e. The Balaban J connectivity index is 1.68. The van der Waals surface area contributed by atoms with Gasteiger partial charge in [-0.25, -0.2) is 0 Å². The van der Waals surface area contributed by atoms with Gasteiger partial charge >= 0.3 is 0 Å². The molecule has 1 aromatic carbocycles. The molecule has 2 unspecified atom stereocenters. The van der Waals surface area contributed by atoms with E-state index in [4.69, 9.17) is 5.73 Å². The first-order valence-corrected chi connectivity index (χ1v) is 9.29. The number of aromatic amines is 1. The second kappa shape index (κ2) is 6.96. The van der Waals surface area contributed by atoms with Gasteiger partial charge in [-0.1, -0.05) is 31.0 Å². The van der Waals surface area contributed by atoms with Gasteiger partial charge in [0.05, 0.1) is 0 Å². The zero-order valence-electron chi connectivity index (χ0n) is 14.7. The lowest BCUT2D eigenvalue weighted by atomic mass is 9.91. The minimum atomic E-state index is -0.132. The standard InChI is InChI=1S/C20H24N4O2/c21-14-6-2-4-8-16(14)23-17(25)11-12-9-10-22-20(26)19-18(12)13-5-1-3-7-15(13)24-19/h1,3,5,7,11,14,16,24H,2,4,6,8-10,21H2,(H,22,26)(H,23,25). The van der Waals surface area contributed by atoms with Crippen LogP contribution in [0.5, 0.6) is 0 Å². The molecule has 5 N–H and O–H groups in total. The lowest BCUT2D eigenvalue weighted by Gasteiger charge is -2.28. The molecule has 4 rings (SSSR count). The van der Waals surface area contributed by atoms with Gasteiger partial charge in [0.2, 0.25) is 5.91 Å². The number of rotatable bonds is 2. The number of carbonyl (C=O) groups excluding carboxylic acids is 2. The van der Waals surface area contributed by atoms with Gasteiger partial charge in [-0.05, 0) is 30.9 Å². The molecule has 1 fully saturated rings. The molecule has 136 valence electrons. The number of nitrogens with two attached hydrogens (primary N) is 1. The zero-order valence-corrected chi connectivity index (χ0v) is 14.7. The molecule has 0 spiro atoms. The van der Waals surface area contributed by atoms with Crippen molar-refractivity contribution in [3.8, 4) is 0 Å². The number of benzene rings is 1. The van der Waals surface area contributed by atoms with Crippen molar-refractivity contribution < 1.29 is 9.59 Å². The van der Waals surface area contributed by atoms with Crippen molar-refractivity contribution in [2.24, 2.45) is 5.73 Å². The van der Waals surface area contributed by atoms with Gasteiger partial charge in [-0.15, -0.1) is 0 Å². The minimum Gasteiger partial charge on any atom is -0.350 e. The molecule has 0 radical (unpaired) electrons. The molecule has 2 amide bonds. The monoisotopic (exact) mass is 352 g/mol. The van der Waals surface area contributed by atoms with Crippen LogP contribution in [0.1, 0.15) is 48.2 Å². The highest BCUT2D eigenvalue weighted by molar-refractivity contribution is 6.10. The Hall–Kier alpha value is -2.60. The van der Waals surface area contributed by atoms with Gasteiger partial charge in [-0.2, -0.15) is 0 Å². The quantitative estimate of drug-likeness (QED) is 0.623.